The molecular formula is C16H15ClFNO. The highest BCUT2D eigenvalue weighted by Crippen LogP contribution is 2.36. The number of rotatable bonds is 2. The summed E-state index contributed by atoms with van der Waals surface area (Å²) < 4.78 is 18.9. The van der Waals surface area contributed by atoms with E-state index < -0.39 is 6.04 Å². The first-order chi connectivity index (χ1) is 9.66. The molecule has 20 heavy (non-hydrogen) atoms. The highest BCUT2D eigenvalue weighted by Gasteiger charge is 2.21. The van der Waals surface area contributed by atoms with Crippen molar-refractivity contribution in [3.8, 4) is 5.75 Å². The maximum absolute atomic E-state index is 13.1. The van der Waals surface area contributed by atoms with E-state index in [0.717, 1.165) is 24.2 Å². The van der Waals surface area contributed by atoms with Gasteiger partial charge in [-0.1, -0.05) is 35.9 Å². The van der Waals surface area contributed by atoms with Gasteiger partial charge in [0.15, 0.2) is 0 Å². The quantitative estimate of drug-likeness (QED) is 0.912. The van der Waals surface area contributed by atoms with E-state index in [1.165, 1.54) is 17.7 Å². The number of para-hydroxylation sites is 1. The molecule has 0 fully saturated rings. The molecule has 0 bridgehead atoms. The van der Waals surface area contributed by atoms with E-state index in [0.29, 0.717) is 17.2 Å². The molecule has 2 aromatic rings. The van der Waals surface area contributed by atoms with Crippen molar-refractivity contribution in [2.75, 3.05) is 6.61 Å². The van der Waals surface area contributed by atoms with Gasteiger partial charge in [-0.25, -0.2) is 4.39 Å². The van der Waals surface area contributed by atoms with E-state index in [2.05, 4.69) is 6.07 Å². The van der Waals surface area contributed by atoms with E-state index in [1.54, 1.807) is 6.07 Å². The van der Waals surface area contributed by atoms with Crippen LogP contribution >= 0.6 is 11.6 Å². The fourth-order valence-electron chi connectivity index (χ4n) is 2.58. The van der Waals surface area contributed by atoms with Crippen molar-refractivity contribution < 1.29 is 9.13 Å². The van der Waals surface area contributed by atoms with Crippen LogP contribution in [0.5, 0.6) is 5.75 Å². The van der Waals surface area contributed by atoms with E-state index in [9.17, 15) is 4.39 Å². The standard InChI is InChI=1S/C16H15ClFNO/c17-14-9-11(18)6-7-12(14)15(19)13-5-1-3-10-4-2-8-20-16(10)13/h1,3,5-7,9,15H,2,4,8,19H2. The largest absolute Gasteiger partial charge is 0.493 e. The third kappa shape index (κ3) is 2.39. The lowest BCUT2D eigenvalue weighted by Gasteiger charge is -2.24. The third-order valence-electron chi connectivity index (χ3n) is 3.60. The molecule has 0 amide bonds. The van der Waals surface area contributed by atoms with Crippen molar-refractivity contribution >= 4 is 11.6 Å². The third-order valence-corrected chi connectivity index (χ3v) is 3.92. The predicted molar refractivity (Wildman–Crippen MR) is 77.7 cm³/mol. The van der Waals surface area contributed by atoms with Crippen LogP contribution < -0.4 is 10.5 Å². The summed E-state index contributed by atoms with van der Waals surface area (Å²) in [7, 11) is 0. The summed E-state index contributed by atoms with van der Waals surface area (Å²) in [5.41, 5.74) is 9.08. The van der Waals surface area contributed by atoms with Gasteiger partial charge in [0.05, 0.1) is 12.6 Å². The number of halogens is 2. The fourth-order valence-corrected chi connectivity index (χ4v) is 2.87. The van der Waals surface area contributed by atoms with E-state index in [1.807, 2.05) is 12.1 Å². The molecule has 1 atom stereocenters. The minimum Gasteiger partial charge on any atom is -0.493 e. The summed E-state index contributed by atoms with van der Waals surface area (Å²) in [5.74, 6) is 0.490. The Labute approximate surface area is 122 Å². The maximum Gasteiger partial charge on any atom is 0.127 e. The topological polar surface area (TPSA) is 35.2 Å². The Balaban J connectivity index is 2.04. The van der Waals surface area contributed by atoms with Crippen LogP contribution in [0.1, 0.15) is 29.2 Å². The molecule has 2 aromatic carbocycles. The van der Waals surface area contributed by atoms with Crippen LogP contribution in [-0.4, -0.2) is 6.61 Å². The minimum atomic E-state index is -0.420. The Bertz CT molecular complexity index is 644. The van der Waals surface area contributed by atoms with Crippen LogP contribution in [0.3, 0.4) is 0 Å². The lowest BCUT2D eigenvalue weighted by molar-refractivity contribution is 0.284. The van der Waals surface area contributed by atoms with Crippen molar-refractivity contribution in [2.45, 2.75) is 18.9 Å². The number of ether oxygens (including phenoxy) is 1. The molecule has 0 aromatic heterocycles. The van der Waals surface area contributed by atoms with Gasteiger partial charge in [0.2, 0.25) is 0 Å². The van der Waals surface area contributed by atoms with Crippen molar-refractivity contribution in [3.63, 3.8) is 0 Å². The number of fused-ring (bicyclic) bond motifs is 1. The van der Waals surface area contributed by atoms with Gasteiger partial charge in [-0.3, -0.25) is 0 Å². The van der Waals surface area contributed by atoms with Crippen LogP contribution in [0, 0.1) is 5.82 Å². The molecule has 1 unspecified atom stereocenters. The molecule has 0 radical (unpaired) electrons. The zero-order valence-corrected chi connectivity index (χ0v) is 11.7. The van der Waals surface area contributed by atoms with E-state index in [4.69, 9.17) is 22.1 Å². The average molecular weight is 292 g/mol. The number of hydrogen-bond donors (Lipinski definition) is 1. The summed E-state index contributed by atoms with van der Waals surface area (Å²) in [6.07, 6.45) is 2.01. The number of nitrogens with two attached hydrogens (primary N) is 1. The van der Waals surface area contributed by atoms with Crippen LogP contribution in [0.4, 0.5) is 4.39 Å². The highest BCUT2D eigenvalue weighted by molar-refractivity contribution is 6.31. The summed E-state index contributed by atoms with van der Waals surface area (Å²) in [6, 6.07) is 9.83. The average Bonchev–Trinajstić information content (AvgIpc) is 2.46. The summed E-state index contributed by atoms with van der Waals surface area (Å²) in [5, 5.41) is 0.339. The van der Waals surface area contributed by atoms with Crippen molar-refractivity contribution in [1.82, 2.24) is 0 Å². The number of benzene rings is 2. The second kappa shape index (κ2) is 5.43. The van der Waals surface area contributed by atoms with Crippen LogP contribution in [0.2, 0.25) is 5.02 Å². The summed E-state index contributed by atoms with van der Waals surface area (Å²) in [6.45, 7) is 0.702. The molecular weight excluding hydrogens is 277 g/mol. The van der Waals surface area contributed by atoms with Gasteiger partial charge in [-0.15, -0.1) is 0 Å². The predicted octanol–water partition coefficient (Wildman–Crippen LogP) is 3.85. The fraction of sp³-hybridized carbons (Fsp3) is 0.250. The zero-order chi connectivity index (χ0) is 14.1. The Morgan fingerprint density at radius 2 is 2.05 bits per heavy atom. The maximum atomic E-state index is 13.1. The van der Waals surface area contributed by atoms with Gasteiger partial charge in [0.1, 0.15) is 11.6 Å². The van der Waals surface area contributed by atoms with E-state index >= 15 is 0 Å². The molecule has 0 spiro atoms. The molecule has 2 nitrogen and oxygen atoms in total. The van der Waals surface area contributed by atoms with Crippen LogP contribution in [0.15, 0.2) is 36.4 Å². The Morgan fingerprint density at radius 3 is 2.85 bits per heavy atom. The molecule has 2 N–H and O–H groups in total. The molecule has 104 valence electrons. The Hall–Kier alpha value is -1.58. The van der Waals surface area contributed by atoms with Crippen molar-refractivity contribution in [2.24, 2.45) is 5.73 Å². The Kier molecular flexibility index (Phi) is 3.64. The van der Waals surface area contributed by atoms with Gasteiger partial charge in [-0.05, 0) is 36.1 Å². The Morgan fingerprint density at radius 1 is 1.20 bits per heavy atom. The molecule has 3 rings (SSSR count). The molecule has 4 heteroatoms. The molecule has 1 heterocycles. The highest BCUT2D eigenvalue weighted by atomic mass is 35.5. The SMILES string of the molecule is NC(c1ccc(F)cc1Cl)c1cccc2c1OCCC2. The summed E-state index contributed by atoms with van der Waals surface area (Å²) in [4.78, 5) is 0. The lowest BCUT2D eigenvalue weighted by atomic mass is 9.94. The van der Waals surface area contributed by atoms with Gasteiger partial charge >= 0.3 is 0 Å². The molecule has 0 aliphatic carbocycles. The first kappa shape index (κ1) is 13.4. The zero-order valence-electron chi connectivity index (χ0n) is 10.9. The first-order valence-electron chi connectivity index (χ1n) is 6.62. The molecule has 1 aliphatic heterocycles. The van der Waals surface area contributed by atoms with Gasteiger partial charge in [-0.2, -0.15) is 0 Å². The minimum absolute atomic E-state index is 0.339. The van der Waals surface area contributed by atoms with Crippen LogP contribution in [-0.2, 0) is 6.42 Å². The van der Waals surface area contributed by atoms with Gasteiger partial charge < -0.3 is 10.5 Å². The number of aryl methyl sites for hydroxylation is 1. The van der Waals surface area contributed by atoms with Gasteiger partial charge in [0, 0.05) is 10.6 Å². The summed E-state index contributed by atoms with van der Waals surface area (Å²) >= 11 is 6.10. The van der Waals surface area contributed by atoms with Gasteiger partial charge in [0.25, 0.3) is 0 Å². The monoisotopic (exact) mass is 291 g/mol. The van der Waals surface area contributed by atoms with E-state index in [-0.39, 0.29) is 5.82 Å². The van der Waals surface area contributed by atoms with Crippen LogP contribution in [0.25, 0.3) is 0 Å². The second-order valence-electron chi connectivity index (χ2n) is 4.93. The smallest absolute Gasteiger partial charge is 0.127 e. The van der Waals surface area contributed by atoms with Crippen molar-refractivity contribution in [1.29, 1.82) is 0 Å². The first-order valence-corrected chi connectivity index (χ1v) is 7.00. The lowest BCUT2D eigenvalue weighted by Crippen LogP contribution is -2.17. The van der Waals surface area contributed by atoms with Crippen molar-refractivity contribution in [3.05, 3.63) is 63.9 Å². The molecule has 0 saturated heterocycles. The second-order valence-corrected chi connectivity index (χ2v) is 5.34. The molecule has 1 aliphatic rings. The normalized spacial score (nSPS) is 15.3. The number of hydrogen-bond acceptors (Lipinski definition) is 2. The molecule has 0 saturated carbocycles.